The van der Waals surface area contributed by atoms with Gasteiger partial charge in [-0.2, -0.15) is 0 Å². The molecule has 0 saturated heterocycles. The first-order chi connectivity index (χ1) is 29.2. The molecule has 0 N–H and O–H groups in total. The van der Waals surface area contributed by atoms with Crippen molar-refractivity contribution in [1.82, 2.24) is 0 Å². The molecule has 0 unspecified atom stereocenters. The number of nitrogens with zero attached hydrogens (tertiary/aromatic N) is 1. The summed E-state index contributed by atoms with van der Waals surface area (Å²) < 4.78 is 37.9. The van der Waals surface area contributed by atoms with E-state index >= 15 is 0 Å². The standard InChI is InChI=1S/C55H41N/c1-55(2)53-18-9-8-17-51(53)52-34-33-50(37-54(52)55)56(48-29-25-42(26-30-48)41-21-19-40(20-22-41)38-11-4-3-5-12-38)49-31-27-43(28-32-49)45-15-10-16-46(35-45)47-24-23-39-13-6-7-14-44(39)36-47/h3-37H,1-2H3/i25D,26D,29D,30D. The molecule has 0 amide bonds. The minimum absolute atomic E-state index is 0.0838. The van der Waals surface area contributed by atoms with Gasteiger partial charge in [0.2, 0.25) is 0 Å². The molecule has 1 aliphatic carbocycles. The first kappa shape index (κ1) is 29.4. The number of hydrogen-bond acceptors (Lipinski definition) is 1. The van der Waals surface area contributed by atoms with E-state index in [1.165, 1.54) is 21.9 Å². The van der Waals surface area contributed by atoms with Crippen molar-refractivity contribution in [3.8, 4) is 55.6 Å². The molecule has 56 heavy (non-hydrogen) atoms. The third kappa shape index (κ3) is 5.99. The normalized spacial score (nSPS) is 13.6. The molecule has 1 heteroatoms. The molecule has 10 rings (SSSR count). The van der Waals surface area contributed by atoms with Crippen molar-refractivity contribution in [3.63, 3.8) is 0 Å². The highest BCUT2D eigenvalue weighted by Crippen LogP contribution is 2.50. The van der Waals surface area contributed by atoms with E-state index in [-0.39, 0.29) is 40.8 Å². The second kappa shape index (κ2) is 13.7. The topological polar surface area (TPSA) is 3.24 Å². The molecule has 0 bridgehead atoms. The molecule has 1 aliphatic rings. The number of benzene rings is 9. The van der Waals surface area contributed by atoms with E-state index in [0.29, 0.717) is 5.56 Å². The average Bonchev–Trinajstić information content (AvgIpc) is 3.52. The van der Waals surface area contributed by atoms with Gasteiger partial charge < -0.3 is 4.90 Å². The number of hydrogen-bond donors (Lipinski definition) is 0. The largest absolute Gasteiger partial charge is 0.310 e. The molecule has 0 aliphatic heterocycles. The molecule has 0 aromatic heterocycles. The fourth-order valence-corrected chi connectivity index (χ4v) is 8.31. The molecule has 266 valence electrons. The lowest BCUT2D eigenvalue weighted by Crippen LogP contribution is -2.16. The van der Waals surface area contributed by atoms with Crippen molar-refractivity contribution in [2.75, 3.05) is 4.90 Å². The van der Waals surface area contributed by atoms with Gasteiger partial charge in [-0.15, -0.1) is 0 Å². The van der Waals surface area contributed by atoms with Crippen LogP contribution in [-0.2, 0) is 5.41 Å². The number of fused-ring (bicyclic) bond motifs is 4. The van der Waals surface area contributed by atoms with E-state index in [0.717, 1.165) is 55.9 Å². The lowest BCUT2D eigenvalue weighted by atomic mass is 9.82. The summed E-state index contributed by atoms with van der Waals surface area (Å²) in [6.45, 7) is 4.47. The van der Waals surface area contributed by atoms with Crippen LogP contribution in [0.3, 0.4) is 0 Å². The fourth-order valence-electron chi connectivity index (χ4n) is 8.31. The maximum Gasteiger partial charge on any atom is 0.0645 e. The highest BCUT2D eigenvalue weighted by Gasteiger charge is 2.35. The molecule has 9 aromatic rings. The Bertz CT molecular complexity index is 3070. The van der Waals surface area contributed by atoms with Gasteiger partial charge in [0.1, 0.15) is 0 Å². The molecular weight excluding hydrogens is 675 g/mol. The van der Waals surface area contributed by atoms with Crippen LogP contribution in [0.2, 0.25) is 0 Å². The van der Waals surface area contributed by atoms with Crippen molar-refractivity contribution < 1.29 is 5.48 Å². The fraction of sp³-hybridized carbons (Fsp3) is 0.0545. The van der Waals surface area contributed by atoms with Gasteiger partial charge in [-0.1, -0.05) is 178 Å². The van der Waals surface area contributed by atoms with Gasteiger partial charge >= 0.3 is 0 Å². The van der Waals surface area contributed by atoms with Gasteiger partial charge in [0, 0.05) is 22.5 Å². The maximum atomic E-state index is 9.57. The van der Waals surface area contributed by atoms with Crippen molar-refractivity contribution >= 4 is 27.8 Å². The summed E-state index contributed by atoms with van der Waals surface area (Å²) in [6.07, 6.45) is 0. The van der Waals surface area contributed by atoms with Crippen LogP contribution in [0.15, 0.2) is 212 Å². The Kier molecular flexibility index (Phi) is 7.20. The highest BCUT2D eigenvalue weighted by atomic mass is 15.1. The zero-order valence-electron chi connectivity index (χ0n) is 35.3. The van der Waals surface area contributed by atoms with Crippen LogP contribution in [0, 0.1) is 0 Å². The van der Waals surface area contributed by atoms with Crippen LogP contribution in [0.25, 0.3) is 66.4 Å². The summed E-state index contributed by atoms with van der Waals surface area (Å²) in [5.74, 6) is 0. The summed E-state index contributed by atoms with van der Waals surface area (Å²) in [5, 5.41) is 2.41. The maximum absolute atomic E-state index is 9.57. The molecular formula is C55H41N. The van der Waals surface area contributed by atoms with Gasteiger partial charge in [0.05, 0.1) is 5.48 Å². The first-order valence-electron chi connectivity index (χ1n) is 21.2. The molecule has 1 nitrogen and oxygen atoms in total. The van der Waals surface area contributed by atoms with E-state index in [9.17, 15) is 5.48 Å². The number of anilines is 3. The quantitative estimate of drug-likeness (QED) is 0.159. The van der Waals surface area contributed by atoms with Crippen LogP contribution < -0.4 is 4.90 Å². The SMILES string of the molecule is [2H]c1c([2H])c(N(c2ccc(-c3cccc(-c4ccc5ccccc5c4)c3)cc2)c2ccc3c(c2)C(C)(C)c2ccccc2-3)c([2H])c([2H])c1-c1ccc(-c2ccccc2)cc1. The van der Waals surface area contributed by atoms with E-state index in [4.69, 9.17) is 0 Å². The summed E-state index contributed by atoms with van der Waals surface area (Å²) in [4.78, 5) is 1.90. The van der Waals surface area contributed by atoms with Crippen LogP contribution in [0.5, 0.6) is 0 Å². The second-order valence-corrected chi connectivity index (χ2v) is 15.1. The Labute approximate surface area is 335 Å². The van der Waals surface area contributed by atoms with Gasteiger partial charge in [-0.05, 0) is 126 Å². The molecule has 0 atom stereocenters. The van der Waals surface area contributed by atoms with E-state index in [1.807, 2.05) is 77.7 Å². The minimum Gasteiger partial charge on any atom is -0.310 e. The van der Waals surface area contributed by atoms with Crippen molar-refractivity contribution in [1.29, 1.82) is 0 Å². The van der Waals surface area contributed by atoms with Gasteiger partial charge in [0.25, 0.3) is 0 Å². The highest BCUT2D eigenvalue weighted by molar-refractivity contribution is 5.89. The third-order valence-electron chi connectivity index (χ3n) is 11.3. The predicted molar refractivity (Wildman–Crippen MR) is 238 cm³/mol. The van der Waals surface area contributed by atoms with Gasteiger partial charge in [-0.25, -0.2) is 0 Å². The van der Waals surface area contributed by atoms with E-state index in [2.05, 4.69) is 129 Å². The summed E-state index contributed by atoms with van der Waals surface area (Å²) in [7, 11) is 0. The predicted octanol–water partition coefficient (Wildman–Crippen LogP) is 15.3. The summed E-state index contributed by atoms with van der Waals surface area (Å²) in [5.41, 5.74) is 13.6. The molecule has 0 fully saturated rings. The lowest BCUT2D eigenvalue weighted by Gasteiger charge is -2.28. The van der Waals surface area contributed by atoms with Crippen LogP contribution in [-0.4, -0.2) is 0 Å². The molecule has 0 radical (unpaired) electrons. The van der Waals surface area contributed by atoms with Crippen LogP contribution >= 0.6 is 0 Å². The first-order valence-corrected chi connectivity index (χ1v) is 19.2. The zero-order valence-corrected chi connectivity index (χ0v) is 31.3. The van der Waals surface area contributed by atoms with Crippen LogP contribution in [0.4, 0.5) is 17.1 Å². The molecule has 0 saturated carbocycles. The molecule has 9 aromatic carbocycles. The lowest BCUT2D eigenvalue weighted by molar-refractivity contribution is 0.660. The Balaban J connectivity index is 1.08. The monoisotopic (exact) mass is 719 g/mol. The van der Waals surface area contributed by atoms with Gasteiger partial charge in [0.15, 0.2) is 0 Å². The van der Waals surface area contributed by atoms with Crippen molar-refractivity contribution in [2.45, 2.75) is 19.3 Å². The van der Waals surface area contributed by atoms with E-state index < -0.39 is 0 Å². The Hall–Kier alpha value is -6.96. The Morgan fingerprint density at radius 3 is 1.62 bits per heavy atom. The Morgan fingerprint density at radius 2 is 0.857 bits per heavy atom. The molecule has 0 heterocycles. The Morgan fingerprint density at radius 1 is 0.339 bits per heavy atom. The average molecular weight is 720 g/mol. The summed E-state index contributed by atoms with van der Waals surface area (Å²) >= 11 is 0. The molecule has 0 spiro atoms. The number of rotatable bonds is 7. The van der Waals surface area contributed by atoms with Crippen molar-refractivity contribution in [3.05, 3.63) is 223 Å². The van der Waals surface area contributed by atoms with Crippen molar-refractivity contribution in [2.24, 2.45) is 0 Å². The van der Waals surface area contributed by atoms with E-state index in [1.54, 1.807) is 0 Å². The van der Waals surface area contributed by atoms with Gasteiger partial charge in [-0.3, -0.25) is 0 Å². The smallest absolute Gasteiger partial charge is 0.0645 e. The van der Waals surface area contributed by atoms with Crippen LogP contribution in [0.1, 0.15) is 30.5 Å². The summed E-state index contributed by atoms with van der Waals surface area (Å²) in [6, 6.07) is 64.0. The third-order valence-corrected chi connectivity index (χ3v) is 11.3. The second-order valence-electron chi connectivity index (χ2n) is 15.1. The zero-order chi connectivity index (χ0) is 41.1. The minimum atomic E-state index is -0.280.